The summed E-state index contributed by atoms with van der Waals surface area (Å²) in [5.74, 6) is 0.981. The van der Waals surface area contributed by atoms with Crippen molar-refractivity contribution in [3.63, 3.8) is 0 Å². The van der Waals surface area contributed by atoms with Crippen LogP contribution in [0.25, 0.3) is 0 Å². The molecule has 1 saturated heterocycles. The van der Waals surface area contributed by atoms with E-state index in [9.17, 15) is 4.79 Å². The molecule has 6 nitrogen and oxygen atoms in total. The second kappa shape index (κ2) is 6.17. The molecule has 6 heteroatoms. The van der Waals surface area contributed by atoms with Gasteiger partial charge in [-0.25, -0.2) is 4.98 Å². The number of nitrogens with zero attached hydrogens (tertiary/aromatic N) is 4. The van der Waals surface area contributed by atoms with Gasteiger partial charge in [-0.2, -0.15) is 0 Å². The number of nitrogens with two attached hydrogens (primary N) is 1. The molecule has 116 valence electrons. The summed E-state index contributed by atoms with van der Waals surface area (Å²) < 4.78 is 1.87. The maximum absolute atomic E-state index is 12.6. The topological polar surface area (TPSA) is 77.0 Å². The molecule has 1 atom stereocenters. The Morgan fingerprint density at radius 2 is 2.23 bits per heavy atom. The molecule has 2 aromatic rings. The first kappa shape index (κ1) is 14.6. The van der Waals surface area contributed by atoms with E-state index in [2.05, 4.69) is 9.97 Å². The van der Waals surface area contributed by atoms with Crippen LogP contribution in [0.15, 0.2) is 30.7 Å². The van der Waals surface area contributed by atoms with E-state index in [-0.39, 0.29) is 5.91 Å². The van der Waals surface area contributed by atoms with Crippen molar-refractivity contribution in [3.05, 3.63) is 42.1 Å². The highest BCUT2D eigenvalue weighted by Crippen LogP contribution is 2.23. The van der Waals surface area contributed by atoms with Gasteiger partial charge in [0.05, 0.1) is 5.69 Å². The normalized spacial score (nSPS) is 18.4. The average Bonchev–Trinajstić information content (AvgIpc) is 2.95. The van der Waals surface area contributed by atoms with Crippen molar-refractivity contribution in [2.75, 3.05) is 18.8 Å². The molecule has 0 spiro atoms. The van der Waals surface area contributed by atoms with Crippen LogP contribution in [0.4, 0.5) is 5.82 Å². The third kappa shape index (κ3) is 2.95. The van der Waals surface area contributed by atoms with E-state index in [0.717, 1.165) is 43.7 Å². The highest BCUT2D eigenvalue weighted by Gasteiger charge is 2.26. The minimum Gasteiger partial charge on any atom is -0.382 e. The van der Waals surface area contributed by atoms with Crippen LogP contribution in [0.2, 0.25) is 0 Å². The third-order valence-corrected chi connectivity index (χ3v) is 4.26. The van der Waals surface area contributed by atoms with Gasteiger partial charge in [-0.3, -0.25) is 9.78 Å². The van der Waals surface area contributed by atoms with Crippen LogP contribution < -0.4 is 5.73 Å². The molecule has 3 rings (SSSR count). The fourth-order valence-corrected chi connectivity index (χ4v) is 3.07. The first-order valence-electron chi connectivity index (χ1n) is 7.61. The lowest BCUT2D eigenvalue weighted by Gasteiger charge is -2.32. The van der Waals surface area contributed by atoms with Gasteiger partial charge in [-0.15, -0.1) is 0 Å². The number of aryl methyl sites for hydroxylation is 1. The van der Waals surface area contributed by atoms with E-state index < -0.39 is 0 Å². The van der Waals surface area contributed by atoms with Gasteiger partial charge in [0.25, 0.3) is 5.91 Å². The molecule has 0 bridgehead atoms. The lowest BCUT2D eigenvalue weighted by Crippen LogP contribution is -2.41. The Hall–Kier alpha value is -2.37. The number of carbonyl (C=O) groups is 1. The average molecular weight is 299 g/mol. The molecule has 1 aliphatic rings. The van der Waals surface area contributed by atoms with Crippen molar-refractivity contribution in [1.82, 2.24) is 19.4 Å². The molecular formula is C16H21N5O. The minimum atomic E-state index is 0.101. The van der Waals surface area contributed by atoms with E-state index in [1.54, 1.807) is 12.4 Å². The number of rotatable bonds is 3. The van der Waals surface area contributed by atoms with Crippen LogP contribution in [-0.2, 0) is 13.5 Å². The summed E-state index contributed by atoms with van der Waals surface area (Å²) >= 11 is 0. The molecule has 0 saturated carbocycles. The Kier molecular flexibility index (Phi) is 4.09. The van der Waals surface area contributed by atoms with E-state index in [4.69, 9.17) is 5.73 Å². The first-order chi connectivity index (χ1) is 10.6. The molecular weight excluding hydrogens is 278 g/mol. The van der Waals surface area contributed by atoms with E-state index in [0.29, 0.717) is 11.7 Å². The molecule has 0 aliphatic carbocycles. The van der Waals surface area contributed by atoms with Crippen molar-refractivity contribution in [2.45, 2.75) is 19.3 Å². The molecule has 22 heavy (non-hydrogen) atoms. The van der Waals surface area contributed by atoms with Gasteiger partial charge in [-0.05, 0) is 37.3 Å². The van der Waals surface area contributed by atoms with Gasteiger partial charge >= 0.3 is 0 Å². The summed E-state index contributed by atoms with van der Waals surface area (Å²) in [7, 11) is 1.90. The van der Waals surface area contributed by atoms with Crippen LogP contribution in [0.1, 0.15) is 29.0 Å². The number of piperidine rings is 1. The van der Waals surface area contributed by atoms with Crippen LogP contribution in [0.5, 0.6) is 0 Å². The lowest BCUT2D eigenvalue weighted by molar-refractivity contribution is 0.0663. The second-order valence-corrected chi connectivity index (χ2v) is 5.86. The Bertz CT molecular complexity index is 666. The highest BCUT2D eigenvalue weighted by molar-refractivity contribution is 5.92. The summed E-state index contributed by atoms with van der Waals surface area (Å²) in [5.41, 5.74) is 7.44. The van der Waals surface area contributed by atoms with Crippen molar-refractivity contribution in [3.8, 4) is 0 Å². The Morgan fingerprint density at radius 3 is 2.95 bits per heavy atom. The smallest absolute Gasteiger partial charge is 0.270 e. The van der Waals surface area contributed by atoms with Crippen molar-refractivity contribution in [2.24, 2.45) is 13.0 Å². The molecule has 0 radical (unpaired) electrons. The van der Waals surface area contributed by atoms with Crippen molar-refractivity contribution >= 4 is 11.7 Å². The number of anilines is 1. The molecule has 1 fully saturated rings. The monoisotopic (exact) mass is 299 g/mol. The fraction of sp³-hybridized carbons (Fsp3) is 0.438. The summed E-state index contributed by atoms with van der Waals surface area (Å²) in [6.07, 6.45) is 8.05. The standard InChI is InChI=1S/C16H21N5O/c1-20-8-3-5-14(20)16(22)21-9-2-4-12(11-21)10-13-15(17)19-7-6-18-13/h3,5-8,12H,2,4,9-11H2,1H3,(H2,17,19). The molecule has 1 unspecified atom stereocenters. The zero-order chi connectivity index (χ0) is 15.5. The zero-order valence-electron chi connectivity index (χ0n) is 12.8. The maximum Gasteiger partial charge on any atom is 0.270 e. The van der Waals surface area contributed by atoms with Gasteiger partial charge in [0.15, 0.2) is 0 Å². The summed E-state index contributed by atoms with van der Waals surface area (Å²) in [5, 5.41) is 0. The molecule has 1 amide bonds. The van der Waals surface area contributed by atoms with E-state index in [1.807, 2.05) is 34.8 Å². The molecule has 0 aromatic carbocycles. The fourth-order valence-electron chi connectivity index (χ4n) is 3.07. The van der Waals surface area contributed by atoms with Gasteiger partial charge in [0.2, 0.25) is 0 Å². The number of aromatic nitrogens is 3. The van der Waals surface area contributed by atoms with Crippen LogP contribution >= 0.6 is 0 Å². The number of hydrogen-bond acceptors (Lipinski definition) is 4. The largest absolute Gasteiger partial charge is 0.382 e. The zero-order valence-corrected chi connectivity index (χ0v) is 12.8. The van der Waals surface area contributed by atoms with Gasteiger partial charge in [0, 0.05) is 38.7 Å². The number of likely N-dealkylation sites (tertiary alicyclic amines) is 1. The third-order valence-electron chi connectivity index (χ3n) is 4.26. The summed E-state index contributed by atoms with van der Waals surface area (Å²) in [6.45, 7) is 1.57. The first-order valence-corrected chi connectivity index (χ1v) is 7.61. The molecule has 2 N–H and O–H groups in total. The summed E-state index contributed by atoms with van der Waals surface area (Å²) in [4.78, 5) is 22.9. The number of hydrogen-bond donors (Lipinski definition) is 1. The van der Waals surface area contributed by atoms with Crippen LogP contribution in [0.3, 0.4) is 0 Å². The van der Waals surface area contributed by atoms with E-state index in [1.165, 1.54) is 0 Å². The van der Waals surface area contributed by atoms with Crippen LogP contribution in [0, 0.1) is 5.92 Å². The number of nitrogen functional groups attached to an aromatic ring is 1. The molecule has 1 aliphatic heterocycles. The maximum atomic E-state index is 12.6. The number of carbonyl (C=O) groups excluding carboxylic acids is 1. The Morgan fingerprint density at radius 1 is 1.41 bits per heavy atom. The summed E-state index contributed by atoms with van der Waals surface area (Å²) in [6, 6.07) is 3.77. The quantitative estimate of drug-likeness (QED) is 0.931. The van der Waals surface area contributed by atoms with Crippen molar-refractivity contribution in [1.29, 1.82) is 0 Å². The predicted octanol–water partition coefficient (Wildman–Crippen LogP) is 1.49. The predicted molar refractivity (Wildman–Crippen MR) is 84.2 cm³/mol. The van der Waals surface area contributed by atoms with Gasteiger partial charge in [0.1, 0.15) is 11.5 Å². The Balaban J connectivity index is 1.68. The second-order valence-electron chi connectivity index (χ2n) is 5.86. The van der Waals surface area contributed by atoms with Gasteiger partial charge in [-0.1, -0.05) is 0 Å². The minimum absolute atomic E-state index is 0.101. The number of amides is 1. The highest BCUT2D eigenvalue weighted by atomic mass is 16.2. The Labute approximate surface area is 130 Å². The van der Waals surface area contributed by atoms with E-state index >= 15 is 0 Å². The SMILES string of the molecule is Cn1cccc1C(=O)N1CCCC(Cc2nccnc2N)C1. The van der Waals surface area contributed by atoms with Crippen molar-refractivity contribution < 1.29 is 4.79 Å². The molecule has 2 aromatic heterocycles. The molecule has 3 heterocycles. The van der Waals surface area contributed by atoms with Gasteiger partial charge < -0.3 is 15.2 Å². The lowest BCUT2D eigenvalue weighted by atomic mass is 9.93. The van der Waals surface area contributed by atoms with Crippen LogP contribution in [-0.4, -0.2) is 38.4 Å².